The van der Waals surface area contributed by atoms with Crippen LogP contribution in [0.1, 0.15) is 37.7 Å². The Hall–Kier alpha value is -1.88. The normalized spacial score (nSPS) is 22.8. The van der Waals surface area contributed by atoms with Gasteiger partial charge in [-0.15, -0.1) is 0 Å². The van der Waals surface area contributed by atoms with E-state index >= 15 is 0 Å². The lowest BCUT2D eigenvalue weighted by atomic mass is 9.81. The van der Waals surface area contributed by atoms with Gasteiger partial charge < -0.3 is 5.32 Å². The Labute approximate surface area is 152 Å². The van der Waals surface area contributed by atoms with E-state index in [0.717, 1.165) is 31.2 Å². The summed E-state index contributed by atoms with van der Waals surface area (Å²) in [5.74, 6) is -0.598. The minimum Gasteiger partial charge on any atom is -0.356 e. The van der Waals surface area contributed by atoms with Crippen molar-refractivity contribution in [2.24, 2.45) is 11.8 Å². The van der Waals surface area contributed by atoms with Gasteiger partial charge in [0.1, 0.15) is 0 Å². The fourth-order valence-electron chi connectivity index (χ4n) is 3.79. The number of benzene rings is 1. The molecule has 3 rings (SSSR count). The van der Waals surface area contributed by atoms with Crippen molar-refractivity contribution in [3.05, 3.63) is 34.9 Å². The zero-order valence-corrected chi connectivity index (χ0v) is 14.9. The van der Waals surface area contributed by atoms with Crippen molar-refractivity contribution in [3.63, 3.8) is 0 Å². The molecule has 2 fully saturated rings. The van der Waals surface area contributed by atoms with E-state index in [4.69, 9.17) is 11.6 Å². The fourth-order valence-corrected chi connectivity index (χ4v) is 4.00. The van der Waals surface area contributed by atoms with Gasteiger partial charge in [0.15, 0.2) is 0 Å². The Morgan fingerprint density at radius 1 is 1.16 bits per heavy atom. The number of hydrogen-bond acceptors (Lipinski definition) is 3. The van der Waals surface area contributed by atoms with E-state index in [2.05, 4.69) is 5.32 Å². The Morgan fingerprint density at radius 2 is 1.84 bits per heavy atom. The summed E-state index contributed by atoms with van der Waals surface area (Å²) in [4.78, 5) is 38.0. The summed E-state index contributed by atoms with van der Waals surface area (Å²) >= 11 is 5.93. The minimum absolute atomic E-state index is 0.0820. The second kappa shape index (κ2) is 8.00. The summed E-state index contributed by atoms with van der Waals surface area (Å²) in [5, 5.41) is 3.51. The molecule has 134 valence electrons. The lowest BCUT2D eigenvalue weighted by Crippen LogP contribution is -2.35. The van der Waals surface area contributed by atoms with Crippen LogP contribution in [-0.4, -0.2) is 35.7 Å². The van der Waals surface area contributed by atoms with E-state index in [1.165, 1.54) is 4.90 Å². The largest absolute Gasteiger partial charge is 0.356 e. The van der Waals surface area contributed by atoms with Gasteiger partial charge in [-0.2, -0.15) is 0 Å². The van der Waals surface area contributed by atoms with E-state index in [0.29, 0.717) is 18.0 Å². The maximum absolute atomic E-state index is 12.4. The highest BCUT2D eigenvalue weighted by Gasteiger charge is 2.47. The lowest BCUT2D eigenvalue weighted by Gasteiger charge is -2.19. The second-order valence-electron chi connectivity index (χ2n) is 6.81. The first-order chi connectivity index (χ1) is 12.1. The average molecular weight is 363 g/mol. The number of nitrogens with one attached hydrogen (secondary N) is 1. The average Bonchev–Trinajstić information content (AvgIpc) is 2.85. The van der Waals surface area contributed by atoms with Crippen molar-refractivity contribution in [3.8, 4) is 0 Å². The number of hydrogen-bond donors (Lipinski definition) is 1. The van der Waals surface area contributed by atoms with Crippen LogP contribution in [0, 0.1) is 11.8 Å². The summed E-state index contributed by atoms with van der Waals surface area (Å²) in [6.45, 7) is 0.694. The molecule has 25 heavy (non-hydrogen) atoms. The molecule has 0 radical (unpaired) electrons. The van der Waals surface area contributed by atoms with Crippen molar-refractivity contribution < 1.29 is 14.4 Å². The molecule has 1 aliphatic carbocycles. The molecule has 2 aliphatic rings. The molecule has 1 aromatic carbocycles. The number of fused-ring (bicyclic) bond motifs is 1. The molecule has 2 atom stereocenters. The number of carbonyl (C=O) groups is 3. The number of likely N-dealkylation sites (tertiary alicyclic amines) is 1. The fraction of sp³-hybridized carbons (Fsp3) is 0.526. The molecule has 5 nitrogen and oxygen atoms in total. The van der Waals surface area contributed by atoms with Gasteiger partial charge in [0, 0.05) is 24.5 Å². The first-order valence-electron chi connectivity index (χ1n) is 8.92. The third-order valence-electron chi connectivity index (χ3n) is 5.12. The zero-order valence-electron chi connectivity index (χ0n) is 14.2. The van der Waals surface area contributed by atoms with Gasteiger partial charge in [-0.3, -0.25) is 19.3 Å². The predicted octanol–water partition coefficient (Wildman–Crippen LogP) is 2.56. The maximum atomic E-state index is 12.4. The molecule has 0 bridgehead atoms. The highest BCUT2D eigenvalue weighted by molar-refractivity contribution is 6.30. The molecule has 1 aliphatic heterocycles. The van der Waals surface area contributed by atoms with Crippen LogP contribution in [0.2, 0.25) is 5.02 Å². The Balaban J connectivity index is 1.43. The molecule has 1 saturated heterocycles. The van der Waals surface area contributed by atoms with Crippen molar-refractivity contribution in [2.45, 2.75) is 38.5 Å². The third kappa shape index (κ3) is 4.21. The zero-order chi connectivity index (χ0) is 17.8. The van der Waals surface area contributed by atoms with Gasteiger partial charge in [0.05, 0.1) is 11.8 Å². The quantitative estimate of drug-likeness (QED) is 0.791. The molecule has 6 heteroatoms. The van der Waals surface area contributed by atoms with Crippen molar-refractivity contribution in [1.29, 1.82) is 0 Å². The van der Waals surface area contributed by atoms with Crippen molar-refractivity contribution in [1.82, 2.24) is 10.2 Å². The summed E-state index contributed by atoms with van der Waals surface area (Å²) in [5.41, 5.74) is 1.06. The first kappa shape index (κ1) is 17.9. The van der Waals surface area contributed by atoms with E-state index in [1.807, 2.05) is 24.3 Å². The standard InChI is InChI=1S/C19H23ClN2O3/c20-14-5-3-4-13(12-14)8-10-21-17(23)9-11-22-18(24)15-6-1-2-7-16(15)19(22)25/h3-5,12,15-16H,1-2,6-11H2,(H,21,23)/t15-,16-/m0/s1. The predicted molar refractivity (Wildman–Crippen MR) is 95.0 cm³/mol. The highest BCUT2D eigenvalue weighted by Crippen LogP contribution is 2.37. The van der Waals surface area contributed by atoms with Crippen LogP contribution >= 0.6 is 11.6 Å². The number of imide groups is 1. The summed E-state index contributed by atoms with van der Waals surface area (Å²) in [6.07, 6.45) is 4.48. The Bertz CT molecular complexity index is 652. The van der Waals surface area contributed by atoms with E-state index in [-0.39, 0.29) is 42.5 Å². The molecular weight excluding hydrogens is 340 g/mol. The lowest BCUT2D eigenvalue weighted by molar-refractivity contribution is -0.140. The van der Waals surface area contributed by atoms with Crippen molar-refractivity contribution in [2.75, 3.05) is 13.1 Å². The molecular formula is C19H23ClN2O3. The number of carbonyl (C=O) groups excluding carboxylic acids is 3. The maximum Gasteiger partial charge on any atom is 0.233 e. The third-order valence-corrected chi connectivity index (χ3v) is 5.35. The van der Waals surface area contributed by atoms with Crippen LogP contribution in [0.25, 0.3) is 0 Å². The van der Waals surface area contributed by atoms with E-state index < -0.39 is 0 Å². The Morgan fingerprint density at radius 3 is 2.48 bits per heavy atom. The summed E-state index contributed by atoms with van der Waals surface area (Å²) in [7, 11) is 0. The molecule has 1 aromatic rings. The van der Waals surface area contributed by atoms with Crippen molar-refractivity contribution >= 4 is 29.3 Å². The van der Waals surface area contributed by atoms with E-state index in [1.54, 1.807) is 0 Å². The number of rotatable bonds is 6. The summed E-state index contributed by atoms with van der Waals surface area (Å²) < 4.78 is 0. The topological polar surface area (TPSA) is 66.5 Å². The minimum atomic E-state index is -0.146. The van der Waals surface area contributed by atoms with Gasteiger partial charge in [0.25, 0.3) is 0 Å². The molecule has 1 heterocycles. The molecule has 0 spiro atoms. The SMILES string of the molecule is O=C(CCN1C(=O)[C@H]2CCCC[C@@H]2C1=O)NCCc1cccc(Cl)c1. The van der Waals surface area contributed by atoms with E-state index in [9.17, 15) is 14.4 Å². The highest BCUT2D eigenvalue weighted by atomic mass is 35.5. The van der Waals surface area contributed by atoms with Crippen LogP contribution in [-0.2, 0) is 20.8 Å². The van der Waals surface area contributed by atoms with Crippen LogP contribution in [0.15, 0.2) is 24.3 Å². The second-order valence-corrected chi connectivity index (χ2v) is 7.24. The van der Waals surface area contributed by atoms with Gasteiger partial charge in [-0.05, 0) is 37.0 Å². The Kier molecular flexibility index (Phi) is 5.74. The van der Waals surface area contributed by atoms with Gasteiger partial charge >= 0.3 is 0 Å². The molecule has 1 N–H and O–H groups in total. The van der Waals surface area contributed by atoms with Crippen LogP contribution in [0.5, 0.6) is 0 Å². The molecule has 1 saturated carbocycles. The molecule has 3 amide bonds. The number of amides is 3. The number of nitrogens with zero attached hydrogens (tertiary/aromatic N) is 1. The summed E-state index contributed by atoms with van der Waals surface area (Å²) in [6, 6.07) is 7.52. The monoisotopic (exact) mass is 362 g/mol. The van der Waals surface area contributed by atoms with Gasteiger partial charge in [0.2, 0.25) is 17.7 Å². The van der Waals surface area contributed by atoms with Crippen LogP contribution in [0.3, 0.4) is 0 Å². The van der Waals surface area contributed by atoms with Crippen LogP contribution < -0.4 is 5.32 Å². The smallest absolute Gasteiger partial charge is 0.233 e. The first-order valence-corrected chi connectivity index (χ1v) is 9.30. The van der Waals surface area contributed by atoms with Crippen LogP contribution in [0.4, 0.5) is 0 Å². The number of halogens is 1. The molecule has 0 aromatic heterocycles. The van der Waals surface area contributed by atoms with Gasteiger partial charge in [-0.1, -0.05) is 36.6 Å². The van der Waals surface area contributed by atoms with Gasteiger partial charge in [-0.25, -0.2) is 0 Å². The molecule has 0 unspecified atom stereocenters.